The Bertz CT molecular complexity index is 820. The molecule has 0 spiro atoms. The van der Waals surface area contributed by atoms with Crippen LogP contribution >= 0.6 is 24.0 Å². The number of hydrogen-bond acceptors (Lipinski definition) is 4. The summed E-state index contributed by atoms with van der Waals surface area (Å²) in [7, 11) is 1.45. The van der Waals surface area contributed by atoms with Crippen LogP contribution in [0.1, 0.15) is 25.2 Å². The van der Waals surface area contributed by atoms with E-state index in [2.05, 4.69) is 39.5 Å². The molecule has 2 unspecified atom stereocenters. The van der Waals surface area contributed by atoms with Gasteiger partial charge in [-0.15, -0.1) is 24.0 Å². The van der Waals surface area contributed by atoms with Gasteiger partial charge in [-0.25, -0.2) is 9.98 Å². The minimum absolute atomic E-state index is 0. The monoisotopic (exact) mass is 485 g/mol. The Hall–Kier alpha value is -1.84. The van der Waals surface area contributed by atoms with E-state index in [1.165, 1.54) is 7.11 Å². The van der Waals surface area contributed by atoms with Gasteiger partial charge in [0.25, 0.3) is 0 Å². The van der Waals surface area contributed by atoms with E-state index in [0.717, 1.165) is 36.1 Å². The van der Waals surface area contributed by atoms with Gasteiger partial charge in [-0.1, -0.05) is 13.0 Å². The molecule has 3 rings (SSSR count). The molecule has 3 heterocycles. The van der Waals surface area contributed by atoms with Gasteiger partial charge in [-0.2, -0.15) is 0 Å². The third-order valence-corrected chi connectivity index (χ3v) is 4.89. The quantitative estimate of drug-likeness (QED) is 0.312. The number of nitrogens with one attached hydrogen (secondary N) is 1. The maximum absolute atomic E-state index is 11.9. The van der Waals surface area contributed by atoms with Crippen LogP contribution in [-0.4, -0.2) is 53.0 Å². The first-order valence-corrected chi connectivity index (χ1v) is 9.08. The van der Waals surface area contributed by atoms with Gasteiger partial charge in [0.05, 0.1) is 25.3 Å². The minimum Gasteiger partial charge on any atom is -0.469 e. The van der Waals surface area contributed by atoms with Crippen LogP contribution in [0.15, 0.2) is 29.4 Å². The third kappa shape index (κ3) is 4.72. The number of guanidine groups is 1. The molecule has 8 heteroatoms. The van der Waals surface area contributed by atoms with E-state index in [0.29, 0.717) is 13.1 Å². The highest BCUT2D eigenvalue weighted by atomic mass is 127. The second-order valence-electron chi connectivity index (χ2n) is 6.81. The van der Waals surface area contributed by atoms with Gasteiger partial charge >= 0.3 is 5.97 Å². The summed E-state index contributed by atoms with van der Waals surface area (Å²) in [4.78, 5) is 23.5. The highest BCUT2D eigenvalue weighted by Gasteiger charge is 2.36. The molecule has 0 bridgehead atoms. The first-order valence-electron chi connectivity index (χ1n) is 9.08. The maximum atomic E-state index is 11.9. The highest BCUT2D eigenvalue weighted by molar-refractivity contribution is 14.0. The van der Waals surface area contributed by atoms with Gasteiger partial charge in [0.2, 0.25) is 0 Å². The van der Waals surface area contributed by atoms with Crippen molar-refractivity contribution in [2.75, 3.05) is 26.7 Å². The van der Waals surface area contributed by atoms with E-state index in [4.69, 9.17) is 9.73 Å². The average Bonchev–Trinajstić information content (AvgIpc) is 3.22. The van der Waals surface area contributed by atoms with Crippen LogP contribution in [0, 0.1) is 18.8 Å². The number of esters is 1. The van der Waals surface area contributed by atoms with Crippen LogP contribution in [0.2, 0.25) is 0 Å². The van der Waals surface area contributed by atoms with Crippen molar-refractivity contribution in [2.45, 2.75) is 27.3 Å². The summed E-state index contributed by atoms with van der Waals surface area (Å²) in [6.07, 6.45) is 2.03. The molecular formula is C19H28IN5O2. The lowest BCUT2D eigenvalue weighted by molar-refractivity contribution is -0.145. The number of nitrogens with zero attached hydrogens (tertiary/aromatic N) is 4. The fraction of sp³-hybridized carbons (Fsp3) is 0.526. The molecule has 7 nitrogen and oxygen atoms in total. The molecule has 148 valence electrons. The first-order chi connectivity index (χ1) is 12.5. The molecule has 2 aromatic heterocycles. The van der Waals surface area contributed by atoms with Crippen molar-refractivity contribution in [3.8, 4) is 0 Å². The van der Waals surface area contributed by atoms with Crippen LogP contribution in [-0.2, 0) is 16.1 Å². The molecule has 1 N–H and O–H groups in total. The van der Waals surface area contributed by atoms with Gasteiger partial charge in [0.15, 0.2) is 5.96 Å². The molecule has 1 fully saturated rings. The second-order valence-corrected chi connectivity index (χ2v) is 6.81. The zero-order valence-electron chi connectivity index (χ0n) is 16.3. The molecule has 1 aliphatic rings. The van der Waals surface area contributed by atoms with Crippen molar-refractivity contribution in [1.82, 2.24) is 19.6 Å². The number of rotatable bonds is 4. The summed E-state index contributed by atoms with van der Waals surface area (Å²) in [6, 6.07) is 6.06. The van der Waals surface area contributed by atoms with Crippen molar-refractivity contribution in [3.05, 3.63) is 35.8 Å². The minimum atomic E-state index is -0.147. The largest absolute Gasteiger partial charge is 0.469 e. The number of fused-ring (bicyclic) bond motifs is 1. The van der Waals surface area contributed by atoms with Crippen molar-refractivity contribution in [1.29, 1.82) is 0 Å². The smallest absolute Gasteiger partial charge is 0.310 e. The lowest BCUT2D eigenvalue weighted by Gasteiger charge is -2.21. The molecule has 0 amide bonds. The molecule has 2 aromatic rings. The van der Waals surface area contributed by atoms with Gasteiger partial charge in [0, 0.05) is 31.5 Å². The van der Waals surface area contributed by atoms with Crippen molar-refractivity contribution in [3.63, 3.8) is 0 Å². The Morgan fingerprint density at radius 3 is 2.85 bits per heavy atom. The summed E-state index contributed by atoms with van der Waals surface area (Å²) < 4.78 is 7.00. The summed E-state index contributed by atoms with van der Waals surface area (Å²) in [5.41, 5.74) is 3.00. The number of hydrogen-bond donors (Lipinski definition) is 1. The molecule has 0 radical (unpaired) electrons. The Morgan fingerprint density at radius 2 is 2.19 bits per heavy atom. The predicted molar refractivity (Wildman–Crippen MR) is 116 cm³/mol. The molecule has 1 saturated heterocycles. The van der Waals surface area contributed by atoms with E-state index < -0.39 is 0 Å². The summed E-state index contributed by atoms with van der Waals surface area (Å²) in [5.74, 6) is 0.803. The van der Waals surface area contributed by atoms with Gasteiger partial charge in [-0.3, -0.25) is 4.79 Å². The topological polar surface area (TPSA) is 71.2 Å². The van der Waals surface area contributed by atoms with E-state index in [-0.39, 0.29) is 41.8 Å². The lowest BCUT2D eigenvalue weighted by atomic mass is 9.99. The summed E-state index contributed by atoms with van der Waals surface area (Å²) in [5, 5.41) is 3.33. The number of aryl methyl sites for hydroxylation is 1. The number of halogens is 1. The van der Waals surface area contributed by atoms with Crippen LogP contribution in [0.25, 0.3) is 5.65 Å². The molecule has 0 saturated carbocycles. The Balaban J connectivity index is 0.00000261. The molecule has 27 heavy (non-hydrogen) atoms. The van der Waals surface area contributed by atoms with Crippen LogP contribution < -0.4 is 5.32 Å². The van der Waals surface area contributed by atoms with Crippen molar-refractivity contribution in [2.24, 2.45) is 16.8 Å². The predicted octanol–water partition coefficient (Wildman–Crippen LogP) is 2.47. The number of aromatic nitrogens is 2. The van der Waals surface area contributed by atoms with Crippen LogP contribution in [0.3, 0.4) is 0 Å². The van der Waals surface area contributed by atoms with Gasteiger partial charge < -0.3 is 19.4 Å². The molecule has 0 aromatic carbocycles. The summed E-state index contributed by atoms with van der Waals surface area (Å²) in [6.45, 7) is 8.87. The number of methoxy groups -OCH3 is 1. The zero-order chi connectivity index (χ0) is 18.7. The van der Waals surface area contributed by atoms with Crippen molar-refractivity contribution >= 4 is 41.6 Å². The fourth-order valence-electron chi connectivity index (χ4n) is 3.45. The Morgan fingerprint density at radius 1 is 1.41 bits per heavy atom. The van der Waals surface area contributed by atoms with E-state index in [1.54, 1.807) is 0 Å². The number of pyridine rings is 1. The molecule has 2 atom stereocenters. The maximum Gasteiger partial charge on any atom is 0.310 e. The zero-order valence-corrected chi connectivity index (χ0v) is 18.6. The van der Waals surface area contributed by atoms with Crippen molar-refractivity contribution < 1.29 is 9.53 Å². The fourth-order valence-corrected chi connectivity index (χ4v) is 3.45. The van der Waals surface area contributed by atoms with E-state index in [9.17, 15) is 4.79 Å². The van der Waals surface area contributed by atoms with E-state index in [1.807, 2.05) is 25.3 Å². The van der Waals surface area contributed by atoms with Crippen LogP contribution in [0.5, 0.6) is 0 Å². The summed E-state index contributed by atoms with van der Waals surface area (Å²) >= 11 is 0. The Kier molecular flexibility index (Phi) is 7.46. The first kappa shape index (κ1) is 21.5. The second kappa shape index (κ2) is 9.38. The van der Waals surface area contributed by atoms with E-state index >= 15 is 0 Å². The number of carbonyl (C=O) groups is 1. The third-order valence-electron chi connectivity index (χ3n) is 4.89. The van der Waals surface area contributed by atoms with Gasteiger partial charge in [0.1, 0.15) is 5.65 Å². The molecule has 0 aliphatic carbocycles. The van der Waals surface area contributed by atoms with Crippen LogP contribution in [0.4, 0.5) is 0 Å². The average molecular weight is 485 g/mol. The number of aliphatic imine (C=N–C) groups is 1. The molecule has 1 aliphatic heterocycles. The lowest BCUT2D eigenvalue weighted by Crippen LogP contribution is -2.40. The normalized spacial score (nSPS) is 19.9. The standard InChI is InChI=1S/C19H27N5O2.HI/c1-5-20-19(23-10-13(2)16(12-23)18(25)26-4)21-9-15-11-24-14(3)7-6-8-17(24)22-15;/h6-8,11,13,16H,5,9-10,12H2,1-4H3,(H,20,21);1H. The number of ether oxygens (including phenoxy) is 1. The Labute approximate surface area is 177 Å². The van der Waals surface area contributed by atoms with Gasteiger partial charge in [-0.05, 0) is 31.9 Å². The SMILES string of the molecule is CCNC(=NCc1cn2c(C)cccc2n1)N1CC(C)C(C(=O)OC)C1.I. The number of imidazole rings is 1. The highest BCUT2D eigenvalue weighted by Crippen LogP contribution is 2.24. The molecular weight excluding hydrogens is 457 g/mol. The number of carbonyl (C=O) groups excluding carboxylic acids is 1. The number of likely N-dealkylation sites (tertiary alicyclic amines) is 1.